The van der Waals surface area contributed by atoms with Crippen molar-refractivity contribution in [1.29, 1.82) is 0 Å². The molecule has 0 radical (unpaired) electrons. The average Bonchev–Trinajstić information content (AvgIpc) is 2.92. The van der Waals surface area contributed by atoms with E-state index in [0.29, 0.717) is 18.8 Å². The molecule has 0 atom stereocenters. The Morgan fingerprint density at radius 2 is 2.17 bits per heavy atom. The van der Waals surface area contributed by atoms with Gasteiger partial charge in [0.2, 0.25) is 0 Å². The Morgan fingerprint density at radius 1 is 1.26 bits per heavy atom. The topological polar surface area (TPSA) is 56.2 Å². The lowest BCUT2D eigenvalue weighted by Gasteiger charge is -2.14. The molecule has 1 N–H and O–H groups in total. The molecule has 1 aromatic heterocycles. The highest BCUT2D eigenvalue weighted by Crippen LogP contribution is 2.23. The van der Waals surface area contributed by atoms with Gasteiger partial charge in [0.15, 0.2) is 0 Å². The van der Waals surface area contributed by atoms with E-state index in [4.69, 9.17) is 4.74 Å². The van der Waals surface area contributed by atoms with Gasteiger partial charge in [0.25, 0.3) is 5.91 Å². The molecule has 2 heterocycles. The molecule has 116 valence electrons. The lowest BCUT2D eigenvalue weighted by atomic mass is 10.1. The fourth-order valence-corrected chi connectivity index (χ4v) is 2.93. The van der Waals surface area contributed by atoms with Gasteiger partial charge in [0.05, 0.1) is 17.6 Å². The minimum absolute atomic E-state index is 0.111. The van der Waals surface area contributed by atoms with Crippen molar-refractivity contribution in [2.75, 3.05) is 11.9 Å². The Kier molecular flexibility index (Phi) is 3.35. The summed E-state index contributed by atoms with van der Waals surface area (Å²) in [7, 11) is 0. The Hall–Kier alpha value is -2.66. The fraction of sp³-hybridized carbons (Fsp3) is 0.222. The fourth-order valence-electron chi connectivity index (χ4n) is 2.93. The van der Waals surface area contributed by atoms with Gasteiger partial charge in [0.1, 0.15) is 12.4 Å². The molecule has 1 aliphatic heterocycles. The Balaban J connectivity index is 1.63. The molecule has 0 bridgehead atoms. The van der Waals surface area contributed by atoms with Crippen LogP contribution in [0.2, 0.25) is 0 Å². The van der Waals surface area contributed by atoms with Crippen molar-refractivity contribution in [2.24, 2.45) is 0 Å². The Morgan fingerprint density at radius 3 is 3.04 bits per heavy atom. The van der Waals surface area contributed by atoms with Gasteiger partial charge in [-0.2, -0.15) is 0 Å². The summed E-state index contributed by atoms with van der Waals surface area (Å²) in [5.74, 6) is 0.828. The van der Waals surface area contributed by atoms with E-state index in [-0.39, 0.29) is 5.91 Å². The summed E-state index contributed by atoms with van der Waals surface area (Å²) in [5.41, 5.74) is 4.43. The highest BCUT2D eigenvalue weighted by atomic mass is 16.5. The predicted octanol–water partition coefficient (Wildman–Crippen LogP) is 3.13. The normalized spacial score (nSPS) is 13.8. The number of carbonyl (C=O) groups is 1. The smallest absolute Gasteiger partial charge is 0.255 e. The number of hydrogen-bond acceptors (Lipinski definition) is 3. The molecule has 0 saturated heterocycles. The number of hydrogen-bond donors (Lipinski definition) is 1. The van der Waals surface area contributed by atoms with Crippen molar-refractivity contribution in [3.05, 3.63) is 59.4 Å². The number of anilines is 1. The molecule has 4 rings (SSSR count). The number of nitrogens with one attached hydrogen (secondary N) is 1. The molecule has 23 heavy (non-hydrogen) atoms. The Labute approximate surface area is 133 Å². The van der Waals surface area contributed by atoms with Crippen LogP contribution in [0.4, 0.5) is 5.69 Å². The van der Waals surface area contributed by atoms with Gasteiger partial charge in [-0.15, -0.1) is 0 Å². The molecule has 0 aliphatic carbocycles. The third kappa shape index (κ3) is 2.59. The largest absolute Gasteiger partial charge is 0.372 e. The van der Waals surface area contributed by atoms with E-state index in [1.165, 1.54) is 0 Å². The van der Waals surface area contributed by atoms with Crippen LogP contribution in [0.5, 0.6) is 0 Å². The number of rotatable bonds is 2. The average molecular weight is 307 g/mol. The SMILES string of the molecule is Cc1cccc(C(=O)Nc2ccc3c(c2)nc2n3CCOC2)c1. The second-order valence-corrected chi connectivity index (χ2v) is 5.76. The van der Waals surface area contributed by atoms with E-state index in [0.717, 1.165) is 34.7 Å². The summed E-state index contributed by atoms with van der Waals surface area (Å²) in [6.07, 6.45) is 0. The van der Waals surface area contributed by atoms with E-state index in [9.17, 15) is 4.79 Å². The summed E-state index contributed by atoms with van der Waals surface area (Å²) in [6, 6.07) is 13.4. The maximum atomic E-state index is 12.3. The zero-order valence-electron chi connectivity index (χ0n) is 12.9. The molecule has 5 heteroatoms. The van der Waals surface area contributed by atoms with Crippen LogP contribution in [0.3, 0.4) is 0 Å². The first kappa shape index (κ1) is 14.0. The van der Waals surface area contributed by atoms with Gasteiger partial charge in [-0.3, -0.25) is 4.79 Å². The molecule has 0 fully saturated rings. The van der Waals surface area contributed by atoms with Gasteiger partial charge >= 0.3 is 0 Å². The van der Waals surface area contributed by atoms with Crippen LogP contribution in [0, 0.1) is 6.92 Å². The standard InChI is InChI=1S/C18H17N3O2/c1-12-3-2-4-13(9-12)18(22)19-14-5-6-16-15(10-14)20-17-11-23-8-7-21(16)17/h2-6,9-10H,7-8,11H2,1H3,(H,19,22). The second-order valence-electron chi connectivity index (χ2n) is 5.76. The highest BCUT2D eigenvalue weighted by Gasteiger charge is 2.15. The van der Waals surface area contributed by atoms with E-state index in [2.05, 4.69) is 14.9 Å². The van der Waals surface area contributed by atoms with Crippen LogP contribution in [0.25, 0.3) is 11.0 Å². The number of fused-ring (bicyclic) bond motifs is 3. The van der Waals surface area contributed by atoms with Crippen LogP contribution in [0.15, 0.2) is 42.5 Å². The number of nitrogens with zero attached hydrogens (tertiary/aromatic N) is 2. The quantitative estimate of drug-likeness (QED) is 0.791. The first-order chi connectivity index (χ1) is 11.2. The number of aryl methyl sites for hydroxylation is 1. The van der Waals surface area contributed by atoms with Gasteiger partial charge in [-0.05, 0) is 37.3 Å². The number of carbonyl (C=O) groups excluding carboxylic acids is 1. The van der Waals surface area contributed by atoms with E-state index >= 15 is 0 Å². The molecule has 0 saturated carbocycles. The first-order valence-electron chi connectivity index (χ1n) is 7.66. The molecule has 1 aliphatic rings. The molecular weight excluding hydrogens is 290 g/mol. The Bertz CT molecular complexity index is 898. The summed E-state index contributed by atoms with van der Waals surface area (Å²) in [4.78, 5) is 16.9. The summed E-state index contributed by atoms with van der Waals surface area (Å²) >= 11 is 0. The van der Waals surface area contributed by atoms with Crippen LogP contribution in [-0.2, 0) is 17.9 Å². The molecule has 5 nitrogen and oxygen atoms in total. The van der Waals surface area contributed by atoms with E-state index in [1.54, 1.807) is 0 Å². The van der Waals surface area contributed by atoms with Crippen molar-refractivity contribution in [3.8, 4) is 0 Å². The number of aromatic nitrogens is 2. The molecular formula is C18H17N3O2. The number of benzene rings is 2. The number of imidazole rings is 1. The van der Waals surface area contributed by atoms with Crippen LogP contribution in [-0.4, -0.2) is 22.1 Å². The summed E-state index contributed by atoms with van der Waals surface area (Å²) in [6.45, 7) is 4.05. The molecule has 0 spiro atoms. The first-order valence-corrected chi connectivity index (χ1v) is 7.66. The van der Waals surface area contributed by atoms with Gasteiger partial charge < -0.3 is 14.6 Å². The lowest BCUT2D eigenvalue weighted by molar-refractivity contribution is 0.0830. The number of ether oxygens (including phenoxy) is 1. The van der Waals surface area contributed by atoms with Crippen molar-refractivity contribution < 1.29 is 9.53 Å². The van der Waals surface area contributed by atoms with E-state index in [1.807, 2.05) is 49.4 Å². The highest BCUT2D eigenvalue weighted by molar-refractivity contribution is 6.05. The van der Waals surface area contributed by atoms with Crippen molar-refractivity contribution in [1.82, 2.24) is 9.55 Å². The molecule has 1 amide bonds. The zero-order valence-corrected chi connectivity index (χ0v) is 12.9. The van der Waals surface area contributed by atoms with Crippen molar-refractivity contribution in [3.63, 3.8) is 0 Å². The molecule has 3 aromatic rings. The summed E-state index contributed by atoms with van der Waals surface area (Å²) < 4.78 is 7.61. The monoisotopic (exact) mass is 307 g/mol. The summed E-state index contributed by atoms with van der Waals surface area (Å²) in [5, 5.41) is 2.94. The van der Waals surface area contributed by atoms with Crippen molar-refractivity contribution >= 4 is 22.6 Å². The molecule has 0 unspecified atom stereocenters. The third-order valence-corrected chi connectivity index (χ3v) is 4.06. The third-order valence-electron chi connectivity index (χ3n) is 4.06. The van der Waals surface area contributed by atoms with Gasteiger partial charge in [-0.1, -0.05) is 17.7 Å². The second kappa shape index (κ2) is 5.52. The minimum atomic E-state index is -0.111. The zero-order chi connectivity index (χ0) is 15.8. The van der Waals surface area contributed by atoms with Crippen LogP contribution < -0.4 is 5.32 Å². The number of amides is 1. The maximum absolute atomic E-state index is 12.3. The van der Waals surface area contributed by atoms with Gasteiger partial charge in [-0.25, -0.2) is 4.98 Å². The van der Waals surface area contributed by atoms with Crippen LogP contribution >= 0.6 is 0 Å². The van der Waals surface area contributed by atoms with Crippen molar-refractivity contribution in [2.45, 2.75) is 20.1 Å². The van der Waals surface area contributed by atoms with Gasteiger partial charge in [0, 0.05) is 17.8 Å². The minimum Gasteiger partial charge on any atom is -0.372 e. The predicted molar refractivity (Wildman–Crippen MR) is 88.5 cm³/mol. The maximum Gasteiger partial charge on any atom is 0.255 e. The van der Waals surface area contributed by atoms with E-state index < -0.39 is 0 Å². The molecule has 2 aromatic carbocycles. The van der Waals surface area contributed by atoms with Crippen LogP contribution in [0.1, 0.15) is 21.7 Å². The lowest BCUT2D eigenvalue weighted by Crippen LogP contribution is -2.16.